The van der Waals surface area contributed by atoms with Crippen LogP contribution in [0.5, 0.6) is 0 Å². The van der Waals surface area contributed by atoms with Crippen LogP contribution in [0, 0.1) is 6.92 Å². The van der Waals surface area contributed by atoms with Gasteiger partial charge in [-0.2, -0.15) is 0 Å². The van der Waals surface area contributed by atoms with Gasteiger partial charge >= 0.3 is 0 Å². The molecule has 1 aliphatic rings. The quantitative estimate of drug-likeness (QED) is 0.673. The Kier molecular flexibility index (Phi) is 4.72. The maximum atomic E-state index is 13.6. The highest BCUT2D eigenvalue weighted by molar-refractivity contribution is 7.16. The summed E-state index contributed by atoms with van der Waals surface area (Å²) >= 11 is 1.59. The molecule has 0 bridgehead atoms. The molecular weight excluding hydrogens is 374 g/mol. The smallest absolute Gasteiger partial charge is 0.275 e. The zero-order valence-corrected chi connectivity index (χ0v) is 17.0. The fraction of sp³-hybridized carbons (Fsp3) is 0.333. The number of fused-ring (bicyclic) bond motifs is 3. The number of para-hydroxylation sites is 1. The molecule has 2 aromatic heterocycles. The summed E-state index contributed by atoms with van der Waals surface area (Å²) in [6.07, 6.45) is 0. The average molecular weight is 398 g/mol. The molecular formula is C21H23N3O3S. The zero-order valence-electron chi connectivity index (χ0n) is 16.2. The minimum atomic E-state index is -1.06. The highest BCUT2D eigenvalue weighted by atomic mass is 32.1. The number of aromatic nitrogens is 1. The second kappa shape index (κ2) is 7.07. The molecule has 0 radical (unpaired) electrons. The molecule has 1 aliphatic heterocycles. The normalized spacial score (nSPS) is 19.1. The lowest BCUT2D eigenvalue weighted by molar-refractivity contribution is -0.126. The van der Waals surface area contributed by atoms with E-state index in [0.29, 0.717) is 25.4 Å². The SMILES string of the molecule is COCCNC(=O)C1(C)Cn2c(cc3ccsc32)C(=O)N1c1ccccc1C. The standard InChI is InChI=1S/C21H23N3O3S/c1-14-6-4-5-7-16(14)24-18(25)17-12-15-8-11-28-19(15)23(17)13-21(24,2)20(26)22-9-10-27-3/h4-8,11-12H,9-10,13H2,1-3H3,(H,22,26). The number of methoxy groups -OCH3 is 1. The number of thiophene rings is 1. The van der Waals surface area contributed by atoms with Crippen molar-refractivity contribution < 1.29 is 14.3 Å². The highest BCUT2D eigenvalue weighted by Gasteiger charge is 2.48. The maximum Gasteiger partial charge on any atom is 0.275 e. The summed E-state index contributed by atoms with van der Waals surface area (Å²) in [7, 11) is 1.59. The summed E-state index contributed by atoms with van der Waals surface area (Å²) in [4.78, 5) is 29.5. The number of benzene rings is 1. The number of carbonyl (C=O) groups excluding carboxylic acids is 2. The van der Waals surface area contributed by atoms with E-state index in [2.05, 4.69) is 5.32 Å². The molecule has 4 rings (SSSR count). The van der Waals surface area contributed by atoms with Gasteiger partial charge in [0, 0.05) is 24.7 Å². The van der Waals surface area contributed by atoms with Crippen molar-refractivity contribution in [3.8, 4) is 0 Å². The van der Waals surface area contributed by atoms with Crippen molar-refractivity contribution in [2.45, 2.75) is 25.9 Å². The van der Waals surface area contributed by atoms with Gasteiger partial charge in [-0.3, -0.25) is 14.5 Å². The second-order valence-corrected chi connectivity index (χ2v) is 8.14. The first-order valence-electron chi connectivity index (χ1n) is 9.21. The average Bonchev–Trinajstić information content (AvgIpc) is 3.26. The number of hydrogen-bond donors (Lipinski definition) is 1. The number of amides is 2. The van der Waals surface area contributed by atoms with E-state index < -0.39 is 5.54 Å². The van der Waals surface area contributed by atoms with Crippen molar-refractivity contribution >= 4 is 39.1 Å². The lowest BCUT2D eigenvalue weighted by atomic mass is 9.93. The number of hydrogen-bond acceptors (Lipinski definition) is 4. The van der Waals surface area contributed by atoms with Gasteiger partial charge in [0.1, 0.15) is 16.1 Å². The van der Waals surface area contributed by atoms with Gasteiger partial charge < -0.3 is 14.6 Å². The Bertz CT molecular complexity index is 1050. The Morgan fingerprint density at radius 3 is 2.86 bits per heavy atom. The van der Waals surface area contributed by atoms with Gasteiger partial charge in [0.25, 0.3) is 5.91 Å². The van der Waals surface area contributed by atoms with Crippen molar-refractivity contribution in [3.05, 3.63) is 53.0 Å². The van der Waals surface area contributed by atoms with Crippen molar-refractivity contribution in [2.75, 3.05) is 25.2 Å². The Hall–Kier alpha value is -2.64. The number of anilines is 1. The van der Waals surface area contributed by atoms with Crippen LogP contribution in [0.15, 0.2) is 41.8 Å². The van der Waals surface area contributed by atoms with Gasteiger partial charge in [-0.25, -0.2) is 0 Å². The molecule has 0 saturated heterocycles. The molecule has 1 unspecified atom stereocenters. The number of rotatable bonds is 5. The second-order valence-electron chi connectivity index (χ2n) is 7.25. The van der Waals surface area contributed by atoms with Gasteiger partial charge in [-0.15, -0.1) is 11.3 Å². The van der Waals surface area contributed by atoms with E-state index in [0.717, 1.165) is 21.5 Å². The monoisotopic (exact) mass is 397 g/mol. The van der Waals surface area contributed by atoms with Crippen LogP contribution < -0.4 is 10.2 Å². The van der Waals surface area contributed by atoms with Crippen molar-refractivity contribution in [1.29, 1.82) is 0 Å². The molecule has 3 heterocycles. The van der Waals surface area contributed by atoms with Gasteiger partial charge in [0.2, 0.25) is 5.91 Å². The molecule has 146 valence electrons. The molecule has 0 fully saturated rings. The van der Waals surface area contributed by atoms with E-state index in [4.69, 9.17) is 4.74 Å². The van der Waals surface area contributed by atoms with Crippen LogP contribution in [0.3, 0.4) is 0 Å². The Morgan fingerprint density at radius 1 is 1.32 bits per heavy atom. The molecule has 3 aromatic rings. The van der Waals surface area contributed by atoms with Crippen LogP contribution in [0.2, 0.25) is 0 Å². The lowest BCUT2D eigenvalue weighted by Crippen LogP contribution is -2.64. The van der Waals surface area contributed by atoms with Crippen LogP contribution in [0.4, 0.5) is 5.69 Å². The number of nitrogens with one attached hydrogen (secondary N) is 1. The van der Waals surface area contributed by atoms with Crippen LogP contribution in [0.25, 0.3) is 10.2 Å². The van der Waals surface area contributed by atoms with Crippen molar-refractivity contribution in [3.63, 3.8) is 0 Å². The summed E-state index contributed by atoms with van der Waals surface area (Å²) in [6, 6.07) is 11.6. The summed E-state index contributed by atoms with van der Waals surface area (Å²) in [6.45, 7) is 5.00. The number of carbonyl (C=O) groups is 2. The Morgan fingerprint density at radius 2 is 2.11 bits per heavy atom. The van der Waals surface area contributed by atoms with Crippen LogP contribution >= 0.6 is 11.3 Å². The highest BCUT2D eigenvalue weighted by Crippen LogP contribution is 2.38. The molecule has 0 saturated carbocycles. The number of nitrogens with zero attached hydrogens (tertiary/aromatic N) is 2. The largest absolute Gasteiger partial charge is 0.383 e. The van der Waals surface area contributed by atoms with E-state index in [-0.39, 0.29) is 11.8 Å². The predicted octanol–water partition coefficient (Wildman–Crippen LogP) is 3.19. The van der Waals surface area contributed by atoms with E-state index in [1.807, 2.05) is 60.2 Å². The van der Waals surface area contributed by atoms with Crippen molar-refractivity contribution in [2.24, 2.45) is 0 Å². The minimum Gasteiger partial charge on any atom is -0.383 e. The summed E-state index contributed by atoms with van der Waals surface area (Å²) in [5, 5.41) is 5.97. The van der Waals surface area contributed by atoms with Crippen molar-refractivity contribution in [1.82, 2.24) is 9.88 Å². The first-order chi connectivity index (χ1) is 13.5. The Balaban J connectivity index is 1.85. The Labute approximate surface area is 167 Å². The van der Waals surface area contributed by atoms with Gasteiger partial charge in [0.05, 0.1) is 13.2 Å². The van der Waals surface area contributed by atoms with Crippen LogP contribution in [-0.4, -0.2) is 42.2 Å². The summed E-state index contributed by atoms with van der Waals surface area (Å²) in [5.41, 5.74) is 1.27. The van der Waals surface area contributed by atoms with Crippen LogP contribution in [0.1, 0.15) is 23.0 Å². The third-order valence-corrected chi connectivity index (χ3v) is 6.27. The third kappa shape index (κ3) is 2.82. The summed E-state index contributed by atoms with van der Waals surface area (Å²) < 4.78 is 7.04. The topological polar surface area (TPSA) is 63.6 Å². The van der Waals surface area contributed by atoms with Gasteiger partial charge in [-0.05, 0) is 43.0 Å². The number of aryl methyl sites for hydroxylation is 1. The molecule has 1 N–H and O–H groups in total. The predicted molar refractivity (Wildman–Crippen MR) is 111 cm³/mol. The van der Waals surface area contributed by atoms with Crippen LogP contribution in [-0.2, 0) is 16.1 Å². The molecule has 7 heteroatoms. The van der Waals surface area contributed by atoms with E-state index in [1.165, 1.54) is 0 Å². The van der Waals surface area contributed by atoms with E-state index in [1.54, 1.807) is 23.3 Å². The zero-order chi connectivity index (χ0) is 19.9. The molecule has 1 atom stereocenters. The van der Waals surface area contributed by atoms with Gasteiger partial charge in [-0.1, -0.05) is 18.2 Å². The molecule has 0 spiro atoms. The third-order valence-electron chi connectivity index (χ3n) is 5.32. The van der Waals surface area contributed by atoms with E-state index >= 15 is 0 Å². The number of ether oxygens (including phenoxy) is 1. The molecule has 1 aromatic carbocycles. The fourth-order valence-corrected chi connectivity index (χ4v) is 4.74. The minimum absolute atomic E-state index is 0.159. The first-order valence-corrected chi connectivity index (χ1v) is 10.1. The molecule has 0 aliphatic carbocycles. The first kappa shape index (κ1) is 18.7. The molecule has 6 nitrogen and oxygen atoms in total. The lowest BCUT2D eigenvalue weighted by Gasteiger charge is -2.44. The van der Waals surface area contributed by atoms with E-state index in [9.17, 15) is 9.59 Å². The molecule has 2 amide bonds. The molecule has 28 heavy (non-hydrogen) atoms. The fourth-order valence-electron chi connectivity index (χ4n) is 3.85. The maximum absolute atomic E-state index is 13.6. The van der Waals surface area contributed by atoms with Gasteiger partial charge in [0.15, 0.2) is 0 Å². The summed E-state index contributed by atoms with van der Waals surface area (Å²) in [5.74, 6) is -0.349.